The number of aromatic nitrogens is 1. The third kappa shape index (κ3) is 3.04. The Morgan fingerprint density at radius 3 is 2.34 bits per heavy atom. The number of allylic oxidation sites excluding steroid dienone is 2. The van der Waals surface area contributed by atoms with Crippen LogP contribution in [-0.2, 0) is 16.1 Å². The van der Waals surface area contributed by atoms with Gasteiger partial charge in [-0.25, -0.2) is 0 Å². The largest absolute Gasteiger partial charge is 0.340 e. The number of amides is 2. The molecule has 2 heterocycles. The van der Waals surface area contributed by atoms with E-state index in [0.717, 1.165) is 39.2 Å². The van der Waals surface area contributed by atoms with Crippen LogP contribution in [0.4, 0.5) is 0 Å². The molecule has 1 aliphatic heterocycles. The van der Waals surface area contributed by atoms with Crippen molar-refractivity contribution < 1.29 is 9.59 Å². The first kappa shape index (κ1) is 21.4. The van der Waals surface area contributed by atoms with Gasteiger partial charge in [0.1, 0.15) is 0 Å². The summed E-state index contributed by atoms with van der Waals surface area (Å²) in [4.78, 5) is 26.6. The van der Waals surface area contributed by atoms with E-state index in [1.165, 1.54) is 0 Å². The normalized spacial score (nSPS) is 30.5. The lowest BCUT2D eigenvalue weighted by Crippen LogP contribution is -2.40. The molecule has 8 rings (SSSR count). The van der Waals surface area contributed by atoms with Crippen LogP contribution in [0.2, 0.25) is 10.0 Å². The van der Waals surface area contributed by atoms with Crippen molar-refractivity contribution in [3.05, 3.63) is 81.5 Å². The van der Waals surface area contributed by atoms with Gasteiger partial charge in [-0.2, -0.15) is 10.1 Å². The highest BCUT2D eigenvalue weighted by Crippen LogP contribution is 2.65. The van der Waals surface area contributed by atoms with Crippen molar-refractivity contribution in [1.29, 1.82) is 0 Å². The number of nitrogens with zero attached hydrogens (tertiary/aromatic N) is 3. The molecule has 1 aromatic heterocycles. The zero-order valence-corrected chi connectivity index (χ0v) is 20.6. The molecule has 3 fully saturated rings. The minimum Gasteiger partial charge on any atom is -0.340 e. The maximum atomic E-state index is 13.3. The quantitative estimate of drug-likeness (QED) is 0.260. The van der Waals surface area contributed by atoms with Crippen molar-refractivity contribution in [2.24, 2.45) is 40.6 Å². The van der Waals surface area contributed by atoms with Crippen LogP contribution >= 0.6 is 23.2 Å². The van der Waals surface area contributed by atoms with E-state index in [0.29, 0.717) is 28.4 Å². The molecule has 2 amide bonds. The maximum Gasteiger partial charge on any atom is 0.254 e. The predicted octanol–water partition coefficient (Wildman–Crippen LogP) is 5.69. The van der Waals surface area contributed by atoms with Gasteiger partial charge < -0.3 is 4.57 Å². The second-order valence-corrected chi connectivity index (χ2v) is 11.1. The van der Waals surface area contributed by atoms with Crippen molar-refractivity contribution >= 4 is 52.1 Å². The van der Waals surface area contributed by atoms with E-state index in [1.54, 1.807) is 12.3 Å². The van der Waals surface area contributed by atoms with Crippen molar-refractivity contribution in [3.63, 3.8) is 0 Å². The first-order chi connectivity index (χ1) is 16.9. The fraction of sp³-hybridized carbons (Fsp3) is 0.321. The van der Waals surface area contributed by atoms with E-state index in [2.05, 4.69) is 27.9 Å². The zero-order valence-electron chi connectivity index (χ0n) is 19.1. The molecular weight excluding hydrogens is 481 g/mol. The smallest absolute Gasteiger partial charge is 0.254 e. The Balaban J connectivity index is 1.24. The van der Waals surface area contributed by atoms with E-state index in [4.69, 9.17) is 23.2 Å². The molecule has 5 nitrogen and oxygen atoms in total. The van der Waals surface area contributed by atoms with E-state index >= 15 is 0 Å². The number of carbonyl (C=O) groups excluding carboxylic acids is 2. The van der Waals surface area contributed by atoms with Crippen molar-refractivity contribution in [2.75, 3.05) is 0 Å². The highest BCUT2D eigenvalue weighted by Gasteiger charge is 2.67. The summed E-state index contributed by atoms with van der Waals surface area (Å²) in [7, 11) is 0. The van der Waals surface area contributed by atoms with Gasteiger partial charge in [-0.3, -0.25) is 9.59 Å². The van der Waals surface area contributed by atoms with Gasteiger partial charge in [0.2, 0.25) is 0 Å². The van der Waals surface area contributed by atoms with Crippen LogP contribution in [0.15, 0.2) is 59.7 Å². The Morgan fingerprint density at radius 1 is 0.971 bits per heavy atom. The number of fused-ring (bicyclic) bond motifs is 1. The molecule has 0 N–H and O–H groups in total. The number of benzene rings is 2. The summed E-state index contributed by atoms with van der Waals surface area (Å²) in [6.45, 7) is 2.64. The summed E-state index contributed by atoms with van der Waals surface area (Å²) in [5.41, 5.74) is 3.98. The Morgan fingerprint density at radius 2 is 1.66 bits per heavy atom. The molecule has 6 atom stereocenters. The lowest BCUT2D eigenvalue weighted by molar-refractivity contribution is -0.140. The first-order valence-electron chi connectivity index (χ1n) is 12.1. The zero-order chi connectivity index (χ0) is 24.0. The number of rotatable bonds is 4. The third-order valence-corrected chi connectivity index (χ3v) is 9.29. The van der Waals surface area contributed by atoms with Gasteiger partial charge in [0.15, 0.2) is 0 Å². The lowest BCUT2D eigenvalue weighted by Gasteiger charge is -2.37. The molecular formula is C28H23Cl2N3O2. The molecule has 0 radical (unpaired) electrons. The van der Waals surface area contributed by atoms with Crippen LogP contribution in [0.1, 0.15) is 23.2 Å². The van der Waals surface area contributed by atoms with Crippen molar-refractivity contribution in [2.45, 2.75) is 19.9 Å². The van der Waals surface area contributed by atoms with E-state index < -0.39 is 0 Å². The van der Waals surface area contributed by atoms with Crippen molar-refractivity contribution in [1.82, 2.24) is 9.58 Å². The van der Waals surface area contributed by atoms with Gasteiger partial charge in [-0.1, -0.05) is 59.6 Å². The van der Waals surface area contributed by atoms with Gasteiger partial charge in [0.05, 0.1) is 28.1 Å². The molecule has 7 heteroatoms. The fourth-order valence-corrected chi connectivity index (χ4v) is 7.14. The number of imide groups is 1. The minimum absolute atomic E-state index is 0.141. The number of para-hydroxylation sites is 1. The summed E-state index contributed by atoms with van der Waals surface area (Å²) in [6.07, 6.45) is 7.20. The summed E-state index contributed by atoms with van der Waals surface area (Å²) >= 11 is 12.3. The highest BCUT2D eigenvalue weighted by molar-refractivity contribution is 6.42. The molecule has 0 spiro atoms. The maximum absolute atomic E-state index is 13.3. The van der Waals surface area contributed by atoms with Crippen molar-refractivity contribution in [3.8, 4) is 0 Å². The molecule has 1 saturated heterocycles. The molecule has 35 heavy (non-hydrogen) atoms. The Kier molecular flexibility index (Phi) is 4.62. The van der Waals surface area contributed by atoms with Crippen LogP contribution in [0.5, 0.6) is 0 Å². The topological polar surface area (TPSA) is 54.7 Å². The van der Waals surface area contributed by atoms with Crippen LogP contribution in [0, 0.1) is 42.4 Å². The fourth-order valence-electron chi connectivity index (χ4n) is 6.82. The van der Waals surface area contributed by atoms with Gasteiger partial charge in [0.25, 0.3) is 11.8 Å². The second-order valence-electron chi connectivity index (χ2n) is 10.2. The van der Waals surface area contributed by atoms with Gasteiger partial charge >= 0.3 is 0 Å². The molecule has 5 aliphatic rings. The van der Waals surface area contributed by atoms with Crippen LogP contribution in [-0.4, -0.2) is 27.6 Å². The molecule has 2 saturated carbocycles. The Bertz CT molecular complexity index is 1450. The molecule has 2 aromatic carbocycles. The Labute approximate surface area is 213 Å². The average molecular weight is 504 g/mol. The predicted molar refractivity (Wildman–Crippen MR) is 136 cm³/mol. The first-order valence-corrected chi connectivity index (χ1v) is 12.8. The molecule has 2 bridgehead atoms. The lowest BCUT2D eigenvalue weighted by atomic mass is 9.63. The number of hydrogen-bond donors (Lipinski definition) is 0. The van der Waals surface area contributed by atoms with E-state index in [9.17, 15) is 9.59 Å². The molecule has 3 aromatic rings. The SMILES string of the molecule is Cc1c(/C=N\N2C(=O)[C@@H]3[C@H]4C=C[C@@H]([C@@H]5C[C@@H]45)[C@H]3C2=O)c2ccccc2n1Cc1ccc(Cl)c(Cl)c1. The summed E-state index contributed by atoms with van der Waals surface area (Å²) in [5.74, 6) is 0.785. The number of hydrazone groups is 1. The Hall–Kier alpha value is -2.89. The van der Waals surface area contributed by atoms with E-state index in [-0.39, 0.29) is 35.5 Å². The molecule has 0 unspecified atom stereocenters. The molecule has 4 aliphatic carbocycles. The standard InChI is InChI=1S/C28H23Cl2N3O2/c1-14-21(16-4-2-3-5-24(16)32(14)13-15-6-9-22(29)23(30)10-15)12-31-33-27(34)25-17-7-8-18(20-11-19(17)20)26(25)28(33)35/h2-10,12,17-20,25-26H,11,13H2,1H3/b31-12-/t17-,18-,19-,20-,25+,26+/m0/s1. The van der Waals surface area contributed by atoms with Crippen LogP contribution in [0.25, 0.3) is 10.9 Å². The monoisotopic (exact) mass is 503 g/mol. The number of hydrogen-bond acceptors (Lipinski definition) is 3. The number of halogens is 2. The van der Waals surface area contributed by atoms with Gasteiger partial charge in [-0.05, 0) is 60.8 Å². The number of carbonyl (C=O) groups is 2. The third-order valence-electron chi connectivity index (χ3n) is 8.55. The summed E-state index contributed by atoms with van der Waals surface area (Å²) in [5, 5.41) is 7.72. The highest BCUT2D eigenvalue weighted by atomic mass is 35.5. The van der Waals surface area contributed by atoms with Crippen LogP contribution in [0.3, 0.4) is 0 Å². The van der Waals surface area contributed by atoms with E-state index in [1.807, 2.05) is 37.3 Å². The van der Waals surface area contributed by atoms with Crippen LogP contribution < -0.4 is 0 Å². The average Bonchev–Trinajstić information content (AvgIpc) is 3.60. The summed E-state index contributed by atoms with van der Waals surface area (Å²) < 4.78 is 2.20. The molecule has 176 valence electrons. The van der Waals surface area contributed by atoms with Gasteiger partial charge in [0, 0.05) is 28.7 Å². The summed E-state index contributed by atoms with van der Waals surface area (Å²) in [6, 6.07) is 13.7. The minimum atomic E-state index is -0.240. The second kappa shape index (κ2) is 7.55. The van der Waals surface area contributed by atoms with Gasteiger partial charge in [-0.15, -0.1) is 0 Å².